The van der Waals surface area contributed by atoms with Crippen LogP contribution in [0.4, 0.5) is 0 Å². The van der Waals surface area contributed by atoms with E-state index in [1.807, 2.05) is 11.3 Å². The quantitative estimate of drug-likeness (QED) is 0.273. The molecule has 0 saturated carbocycles. The van der Waals surface area contributed by atoms with Crippen molar-refractivity contribution in [2.75, 3.05) is 0 Å². The second-order valence-electron chi connectivity index (χ2n) is 11.1. The summed E-state index contributed by atoms with van der Waals surface area (Å²) >= 11 is 1.81. The van der Waals surface area contributed by atoms with Crippen molar-refractivity contribution in [3.05, 3.63) is 93.9 Å². The Bertz CT molecular complexity index is 1220. The summed E-state index contributed by atoms with van der Waals surface area (Å²) in [5.41, 5.74) is 12.8. The first-order chi connectivity index (χ1) is 15.5. The summed E-state index contributed by atoms with van der Waals surface area (Å²) in [5.74, 6) is 0. The van der Waals surface area contributed by atoms with Crippen LogP contribution in [-0.4, -0.2) is 0 Å². The molecule has 0 amide bonds. The molecule has 33 heavy (non-hydrogen) atoms. The minimum Gasteiger partial charge on any atom is -0.153 e. The Morgan fingerprint density at radius 2 is 1.09 bits per heavy atom. The van der Waals surface area contributed by atoms with E-state index in [1.165, 1.54) is 49.6 Å². The molecule has 4 aromatic rings. The Labute approximate surface area is 203 Å². The van der Waals surface area contributed by atoms with E-state index < -0.39 is 0 Å². The Hall–Kier alpha value is -2.71. The van der Waals surface area contributed by atoms with Crippen LogP contribution in [0.5, 0.6) is 0 Å². The zero-order valence-electron chi connectivity index (χ0n) is 21.3. The SMILES string of the molecule is Cc1sc[n+](-c2c(-c3cccc(C(C)(C)C)c3)cccc2-c2cccc(C(C)(C)C)c2)c1C. The van der Waals surface area contributed by atoms with Gasteiger partial charge in [-0.05, 0) is 52.1 Å². The molecule has 170 valence electrons. The number of aryl methyl sites for hydroxylation is 1. The van der Waals surface area contributed by atoms with Gasteiger partial charge < -0.3 is 0 Å². The summed E-state index contributed by atoms with van der Waals surface area (Å²) in [5, 5.41) is 0. The molecular formula is C31H36NS+. The van der Waals surface area contributed by atoms with Gasteiger partial charge in [0.25, 0.3) is 0 Å². The van der Waals surface area contributed by atoms with Crippen LogP contribution in [0.2, 0.25) is 0 Å². The molecule has 1 aromatic heterocycles. The molecule has 0 bridgehead atoms. The number of rotatable bonds is 3. The smallest absolute Gasteiger partial charge is 0.153 e. The standard InChI is InChI=1S/C31H36NS/c1-21-22(2)33-20-32(21)29-27(23-12-9-14-25(18-23)30(3,4)5)16-11-17-28(29)24-13-10-15-26(19-24)31(6,7)8/h9-20H,1-8H3/q+1. The minimum absolute atomic E-state index is 0.108. The molecule has 2 heteroatoms. The second-order valence-corrected chi connectivity index (χ2v) is 12.2. The number of nitrogens with zero attached hydrogens (tertiary/aromatic N) is 1. The fourth-order valence-corrected chi connectivity index (χ4v) is 5.06. The number of thiazole rings is 1. The highest BCUT2D eigenvalue weighted by molar-refractivity contribution is 7.09. The first-order valence-corrected chi connectivity index (χ1v) is 12.7. The van der Waals surface area contributed by atoms with Gasteiger partial charge in [0.2, 0.25) is 11.2 Å². The van der Waals surface area contributed by atoms with Crippen molar-refractivity contribution < 1.29 is 4.57 Å². The molecule has 0 spiro atoms. The maximum absolute atomic E-state index is 2.39. The third kappa shape index (κ3) is 4.68. The van der Waals surface area contributed by atoms with Gasteiger partial charge in [0, 0.05) is 6.92 Å². The van der Waals surface area contributed by atoms with Gasteiger partial charge in [0.15, 0.2) is 5.69 Å². The van der Waals surface area contributed by atoms with E-state index in [9.17, 15) is 0 Å². The van der Waals surface area contributed by atoms with Gasteiger partial charge in [-0.25, -0.2) is 0 Å². The van der Waals surface area contributed by atoms with Crippen molar-refractivity contribution >= 4 is 11.3 Å². The zero-order chi connectivity index (χ0) is 24.0. The van der Waals surface area contributed by atoms with E-state index in [4.69, 9.17) is 0 Å². The highest BCUT2D eigenvalue weighted by Gasteiger charge is 2.26. The largest absolute Gasteiger partial charge is 0.231 e. The number of benzene rings is 3. The highest BCUT2D eigenvalue weighted by atomic mass is 32.1. The van der Waals surface area contributed by atoms with E-state index in [2.05, 4.69) is 132 Å². The van der Waals surface area contributed by atoms with Crippen molar-refractivity contribution in [2.45, 2.75) is 66.2 Å². The topological polar surface area (TPSA) is 3.88 Å². The molecule has 0 radical (unpaired) electrons. The molecule has 0 aliphatic rings. The number of hydrogen-bond donors (Lipinski definition) is 0. The summed E-state index contributed by atoms with van der Waals surface area (Å²) in [6, 6.07) is 24.9. The van der Waals surface area contributed by atoms with Crippen molar-refractivity contribution in [1.82, 2.24) is 0 Å². The normalized spacial score (nSPS) is 12.2. The summed E-state index contributed by atoms with van der Waals surface area (Å²) in [7, 11) is 0. The van der Waals surface area contributed by atoms with Crippen LogP contribution in [0.25, 0.3) is 27.9 Å². The molecular weight excluding hydrogens is 418 g/mol. The average Bonchev–Trinajstić information content (AvgIpc) is 3.10. The second kappa shape index (κ2) is 8.57. The van der Waals surface area contributed by atoms with Crippen molar-refractivity contribution in [1.29, 1.82) is 0 Å². The Balaban J connectivity index is 2.02. The molecule has 3 aromatic carbocycles. The fraction of sp³-hybridized carbons (Fsp3) is 0.323. The molecule has 0 aliphatic heterocycles. The van der Waals surface area contributed by atoms with Crippen molar-refractivity contribution in [3.8, 4) is 27.9 Å². The molecule has 1 heterocycles. The van der Waals surface area contributed by atoms with Gasteiger partial charge in [-0.2, -0.15) is 4.57 Å². The van der Waals surface area contributed by atoms with Gasteiger partial charge in [-0.15, -0.1) is 0 Å². The van der Waals surface area contributed by atoms with Crippen molar-refractivity contribution in [2.24, 2.45) is 0 Å². The van der Waals surface area contributed by atoms with Gasteiger partial charge in [-0.1, -0.05) is 107 Å². The molecule has 0 saturated heterocycles. The molecule has 0 fully saturated rings. The lowest BCUT2D eigenvalue weighted by Crippen LogP contribution is -2.33. The maximum atomic E-state index is 2.39. The zero-order valence-corrected chi connectivity index (χ0v) is 22.1. The van der Waals surface area contributed by atoms with Gasteiger partial charge in [0.05, 0.1) is 16.0 Å². The predicted octanol–water partition coefficient (Wildman–Crippen LogP) is 8.57. The van der Waals surface area contributed by atoms with E-state index in [0.717, 1.165) is 0 Å². The molecule has 0 unspecified atom stereocenters. The minimum atomic E-state index is 0.108. The van der Waals surface area contributed by atoms with Gasteiger partial charge >= 0.3 is 0 Å². The number of aromatic nitrogens is 1. The third-order valence-corrected chi connectivity index (χ3v) is 7.53. The molecule has 4 rings (SSSR count). The summed E-state index contributed by atoms with van der Waals surface area (Å²) in [6.07, 6.45) is 0. The van der Waals surface area contributed by atoms with Crippen LogP contribution >= 0.6 is 11.3 Å². The fourth-order valence-electron chi connectivity index (χ4n) is 4.26. The Morgan fingerprint density at radius 1 is 0.636 bits per heavy atom. The summed E-state index contributed by atoms with van der Waals surface area (Å²) < 4.78 is 2.39. The van der Waals surface area contributed by atoms with Crippen LogP contribution in [-0.2, 0) is 10.8 Å². The molecule has 0 N–H and O–H groups in total. The van der Waals surface area contributed by atoms with E-state index in [-0.39, 0.29) is 10.8 Å². The Kier molecular flexibility index (Phi) is 6.09. The van der Waals surface area contributed by atoms with Crippen LogP contribution in [0, 0.1) is 13.8 Å². The van der Waals surface area contributed by atoms with Crippen LogP contribution < -0.4 is 4.57 Å². The maximum Gasteiger partial charge on any atom is 0.231 e. The van der Waals surface area contributed by atoms with E-state index in [1.54, 1.807) is 0 Å². The monoisotopic (exact) mass is 454 g/mol. The lowest BCUT2D eigenvalue weighted by molar-refractivity contribution is -0.596. The van der Waals surface area contributed by atoms with Crippen LogP contribution in [0.15, 0.2) is 72.2 Å². The summed E-state index contributed by atoms with van der Waals surface area (Å²) in [6.45, 7) is 18.1. The third-order valence-electron chi connectivity index (χ3n) is 6.56. The highest BCUT2D eigenvalue weighted by Crippen LogP contribution is 2.37. The predicted molar refractivity (Wildman–Crippen MR) is 144 cm³/mol. The van der Waals surface area contributed by atoms with Crippen LogP contribution in [0.3, 0.4) is 0 Å². The molecule has 0 atom stereocenters. The lowest BCUT2D eigenvalue weighted by atomic mass is 9.84. The first-order valence-electron chi connectivity index (χ1n) is 11.8. The Morgan fingerprint density at radius 3 is 1.48 bits per heavy atom. The first kappa shape index (κ1) is 23.4. The number of hydrogen-bond acceptors (Lipinski definition) is 1. The van der Waals surface area contributed by atoms with Crippen LogP contribution in [0.1, 0.15) is 63.2 Å². The van der Waals surface area contributed by atoms with E-state index >= 15 is 0 Å². The molecule has 0 aliphatic carbocycles. The molecule has 1 nitrogen and oxygen atoms in total. The average molecular weight is 455 g/mol. The van der Waals surface area contributed by atoms with E-state index in [0.29, 0.717) is 0 Å². The number of para-hydroxylation sites is 1. The van der Waals surface area contributed by atoms with Gasteiger partial charge in [0.1, 0.15) is 0 Å². The lowest BCUT2D eigenvalue weighted by Gasteiger charge is -2.21. The van der Waals surface area contributed by atoms with Gasteiger partial charge in [-0.3, -0.25) is 0 Å². The summed E-state index contributed by atoms with van der Waals surface area (Å²) in [4.78, 5) is 1.35. The van der Waals surface area contributed by atoms with Crippen molar-refractivity contribution in [3.63, 3.8) is 0 Å².